The molecule has 1 rings (SSSR count). The number of rotatable bonds is 4. The highest BCUT2D eigenvalue weighted by molar-refractivity contribution is 9.10. The number of hydrogen-bond acceptors (Lipinski definition) is 2. The molecule has 1 aromatic carbocycles. The Bertz CT molecular complexity index is 375. The van der Waals surface area contributed by atoms with Crippen LogP contribution in [0.25, 0.3) is 0 Å². The molecular weight excluding hydrogens is 270 g/mol. The zero-order valence-electron chi connectivity index (χ0n) is 9.79. The molecule has 0 aliphatic heterocycles. The summed E-state index contributed by atoms with van der Waals surface area (Å²) in [6, 6.07) is 5.44. The topological polar surface area (TPSA) is 29.5 Å². The van der Waals surface area contributed by atoms with Gasteiger partial charge in [-0.05, 0) is 32.0 Å². The maximum absolute atomic E-state index is 12.2. The first-order valence-corrected chi connectivity index (χ1v) is 6.06. The molecular formula is C12H16BrNO2. The second-order valence-electron chi connectivity index (χ2n) is 3.32. The summed E-state index contributed by atoms with van der Waals surface area (Å²) in [4.78, 5) is 13.9. The van der Waals surface area contributed by atoms with Crippen LogP contribution in [0, 0.1) is 0 Å². The summed E-state index contributed by atoms with van der Waals surface area (Å²) in [5.74, 6) is 0.614. The third kappa shape index (κ3) is 2.76. The smallest absolute Gasteiger partial charge is 0.257 e. The van der Waals surface area contributed by atoms with E-state index in [1.165, 1.54) is 0 Å². The number of hydrogen-bond donors (Lipinski definition) is 0. The summed E-state index contributed by atoms with van der Waals surface area (Å²) in [6.45, 7) is 5.33. The van der Waals surface area contributed by atoms with Crippen LogP contribution in [-0.4, -0.2) is 31.0 Å². The number of methoxy groups -OCH3 is 1. The van der Waals surface area contributed by atoms with Crippen molar-refractivity contribution in [3.05, 3.63) is 28.2 Å². The minimum atomic E-state index is 0.00292. The van der Waals surface area contributed by atoms with Gasteiger partial charge in [-0.25, -0.2) is 0 Å². The lowest BCUT2D eigenvalue weighted by Crippen LogP contribution is -2.30. The highest BCUT2D eigenvalue weighted by atomic mass is 79.9. The van der Waals surface area contributed by atoms with Crippen LogP contribution in [0.1, 0.15) is 24.2 Å². The van der Waals surface area contributed by atoms with Gasteiger partial charge in [0, 0.05) is 17.6 Å². The van der Waals surface area contributed by atoms with Gasteiger partial charge >= 0.3 is 0 Å². The Labute approximate surface area is 105 Å². The van der Waals surface area contributed by atoms with E-state index in [2.05, 4.69) is 15.9 Å². The van der Waals surface area contributed by atoms with Crippen molar-refractivity contribution in [2.45, 2.75) is 13.8 Å². The van der Waals surface area contributed by atoms with Crippen LogP contribution < -0.4 is 4.74 Å². The monoisotopic (exact) mass is 285 g/mol. The average Bonchev–Trinajstić information content (AvgIpc) is 2.30. The molecule has 0 bridgehead atoms. The van der Waals surface area contributed by atoms with Gasteiger partial charge in [0.05, 0.1) is 12.7 Å². The van der Waals surface area contributed by atoms with Gasteiger partial charge in [0.25, 0.3) is 5.91 Å². The first-order chi connectivity index (χ1) is 7.63. The Morgan fingerprint density at radius 1 is 1.38 bits per heavy atom. The number of amides is 1. The number of carbonyl (C=O) groups excluding carboxylic acids is 1. The van der Waals surface area contributed by atoms with Gasteiger partial charge in [0.1, 0.15) is 5.75 Å². The van der Waals surface area contributed by atoms with Crippen LogP contribution in [0.5, 0.6) is 5.75 Å². The molecule has 1 amide bonds. The van der Waals surface area contributed by atoms with Gasteiger partial charge in [-0.3, -0.25) is 4.79 Å². The van der Waals surface area contributed by atoms with Crippen LogP contribution in [0.15, 0.2) is 22.7 Å². The third-order valence-electron chi connectivity index (χ3n) is 2.44. The molecule has 0 N–H and O–H groups in total. The first-order valence-electron chi connectivity index (χ1n) is 5.26. The Morgan fingerprint density at radius 2 is 2.00 bits per heavy atom. The molecule has 88 valence electrons. The van der Waals surface area contributed by atoms with Gasteiger partial charge in [-0.15, -0.1) is 0 Å². The maximum atomic E-state index is 12.2. The third-order valence-corrected chi connectivity index (χ3v) is 2.94. The zero-order chi connectivity index (χ0) is 12.1. The molecule has 0 aliphatic rings. The average molecular weight is 286 g/mol. The van der Waals surface area contributed by atoms with E-state index >= 15 is 0 Å². The van der Waals surface area contributed by atoms with Gasteiger partial charge in [0.2, 0.25) is 0 Å². The molecule has 1 aromatic rings. The summed E-state index contributed by atoms with van der Waals surface area (Å²) in [7, 11) is 1.57. The molecule has 0 unspecified atom stereocenters. The van der Waals surface area contributed by atoms with Crippen molar-refractivity contribution in [1.82, 2.24) is 4.90 Å². The first kappa shape index (κ1) is 13.0. The summed E-state index contributed by atoms with van der Waals surface area (Å²) in [5.41, 5.74) is 0.598. The van der Waals surface area contributed by atoms with E-state index in [0.717, 1.165) is 4.47 Å². The largest absolute Gasteiger partial charge is 0.496 e. The van der Waals surface area contributed by atoms with Gasteiger partial charge in [0.15, 0.2) is 0 Å². The Morgan fingerprint density at radius 3 is 2.50 bits per heavy atom. The van der Waals surface area contributed by atoms with E-state index in [0.29, 0.717) is 24.4 Å². The second-order valence-corrected chi connectivity index (χ2v) is 4.24. The lowest BCUT2D eigenvalue weighted by molar-refractivity contribution is 0.0769. The summed E-state index contributed by atoms with van der Waals surface area (Å²) in [6.07, 6.45) is 0. The summed E-state index contributed by atoms with van der Waals surface area (Å²) in [5, 5.41) is 0. The minimum absolute atomic E-state index is 0.00292. The fraction of sp³-hybridized carbons (Fsp3) is 0.417. The SMILES string of the molecule is CCN(CC)C(=O)c1cc(Br)ccc1OC. The molecule has 3 nitrogen and oxygen atoms in total. The molecule has 16 heavy (non-hydrogen) atoms. The van der Waals surface area contributed by atoms with E-state index in [9.17, 15) is 4.79 Å². The molecule has 0 saturated carbocycles. The minimum Gasteiger partial charge on any atom is -0.496 e. The molecule has 0 spiro atoms. The number of nitrogens with zero attached hydrogens (tertiary/aromatic N) is 1. The predicted molar refractivity (Wildman–Crippen MR) is 67.9 cm³/mol. The number of ether oxygens (including phenoxy) is 1. The Hall–Kier alpha value is -1.03. The highest BCUT2D eigenvalue weighted by Gasteiger charge is 2.17. The molecule has 4 heteroatoms. The number of halogens is 1. The van der Waals surface area contributed by atoms with Crippen LogP contribution in [0.4, 0.5) is 0 Å². The van der Waals surface area contributed by atoms with Crippen molar-refractivity contribution in [2.75, 3.05) is 20.2 Å². The lowest BCUT2D eigenvalue weighted by Gasteiger charge is -2.20. The van der Waals surface area contributed by atoms with E-state index in [1.54, 1.807) is 24.1 Å². The van der Waals surface area contributed by atoms with E-state index in [-0.39, 0.29) is 5.91 Å². The van der Waals surface area contributed by atoms with E-state index in [1.807, 2.05) is 19.9 Å². The van der Waals surface area contributed by atoms with Crippen LogP contribution in [-0.2, 0) is 0 Å². The fourth-order valence-electron chi connectivity index (χ4n) is 1.53. The van der Waals surface area contributed by atoms with Crippen LogP contribution in [0.3, 0.4) is 0 Å². The van der Waals surface area contributed by atoms with Gasteiger partial charge < -0.3 is 9.64 Å². The maximum Gasteiger partial charge on any atom is 0.257 e. The Balaban J connectivity index is 3.10. The normalized spacial score (nSPS) is 10.0. The number of benzene rings is 1. The molecule has 0 heterocycles. The van der Waals surface area contributed by atoms with Crippen LogP contribution in [0.2, 0.25) is 0 Å². The van der Waals surface area contributed by atoms with Gasteiger partial charge in [-0.2, -0.15) is 0 Å². The number of carbonyl (C=O) groups is 1. The zero-order valence-corrected chi connectivity index (χ0v) is 11.4. The van der Waals surface area contributed by atoms with Crippen molar-refractivity contribution in [3.63, 3.8) is 0 Å². The summed E-state index contributed by atoms with van der Waals surface area (Å²) < 4.78 is 6.07. The van der Waals surface area contributed by atoms with E-state index in [4.69, 9.17) is 4.74 Å². The highest BCUT2D eigenvalue weighted by Crippen LogP contribution is 2.24. The molecule has 0 radical (unpaired) electrons. The van der Waals surface area contributed by atoms with Crippen molar-refractivity contribution in [2.24, 2.45) is 0 Å². The molecule has 0 fully saturated rings. The van der Waals surface area contributed by atoms with Crippen LogP contribution >= 0.6 is 15.9 Å². The predicted octanol–water partition coefficient (Wildman–Crippen LogP) is 2.94. The van der Waals surface area contributed by atoms with Crippen molar-refractivity contribution < 1.29 is 9.53 Å². The molecule has 0 aliphatic carbocycles. The summed E-state index contributed by atoms with van der Waals surface area (Å²) >= 11 is 3.36. The molecule has 0 atom stereocenters. The molecule has 0 saturated heterocycles. The second kappa shape index (κ2) is 5.89. The van der Waals surface area contributed by atoms with Crippen molar-refractivity contribution in [3.8, 4) is 5.75 Å². The standard InChI is InChI=1S/C12H16BrNO2/c1-4-14(5-2)12(15)10-8-9(13)6-7-11(10)16-3/h6-8H,4-5H2,1-3H3. The quantitative estimate of drug-likeness (QED) is 0.851. The molecule has 0 aromatic heterocycles. The lowest BCUT2D eigenvalue weighted by atomic mass is 10.1. The fourth-order valence-corrected chi connectivity index (χ4v) is 1.89. The van der Waals surface area contributed by atoms with E-state index < -0.39 is 0 Å². The van der Waals surface area contributed by atoms with Crippen molar-refractivity contribution >= 4 is 21.8 Å². The Kier molecular flexibility index (Phi) is 4.80. The van der Waals surface area contributed by atoms with Gasteiger partial charge in [-0.1, -0.05) is 15.9 Å². The van der Waals surface area contributed by atoms with Crippen molar-refractivity contribution in [1.29, 1.82) is 0 Å².